The Morgan fingerprint density at radius 2 is 2.08 bits per heavy atom. The smallest absolute Gasteiger partial charge is 0.274 e. The van der Waals surface area contributed by atoms with Gasteiger partial charge in [0.15, 0.2) is 5.69 Å². The second kappa shape index (κ2) is 6.46. The highest BCUT2D eigenvalue weighted by Gasteiger charge is 2.37. The van der Waals surface area contributed by atoms with E-state index >= 15 is 0 Å². The normalized spacial score (nSPS) is 22.3. The molecular weight excluding hydrogens is 332 g/mol. The molecule has 2 atom stereocenters. The summed E-state index contributed by atoms with van der Waals surface area (Å²) in [5.41, 5.74) is 2.97. The number of hydrogen-bond acceptors (Lipinski definition) is 5. The van der Waals surface area contributed by atoms with Gasteiger partial charge in [0.25, 0.3) is 5.91 Å². The molecule has 1 aromatic heterocycles. The van der Waals surface area contributed by atoms with Gasteiger partial charge in [-0.25, -0.2) is 0 Å². The van der Waals surface area contributed by atoms with Crippen molar-refractivity contribution < 1.29 is 14.3 Å². The highest BCUT2D eigenvalue weighted by molar-refractivity contribution is 5.94. The Bertz CT molecular complexity index is 862. The van der Waals surface area contributed by atoms with Crippen molar-refractivity contribution in [1.29, 1.82) is 5.26 Å². The molecule has 7 heteroatoms. The fraction of sp³-hybridized carbons (Fsp3) is 0.421. The van der Waals surface area contributed by atoms with E-state index in [-0.39, 0.29) is 24.2 Å². The number of aromatic amines is 1. The molecule has 1 amide bonds. The Hall–Kier alpha value is -2.85. The standard InChI is InChI=1S/C19H20N4O3/c1-11-7-16-17(12(2)25-11)21-22-18(16)19(24)23-9-15(10-23)26-14-5-3-13(8-20)4-6-14/h3-6,11-12,15H,7,9-10H2,1-2H3,(H,21,22)/t11-,12+/m1/s1. The molecule has 1 fully saturated rings. The molecule has 0 saturated carbocycles. The number of H-pyrrole nitrogens is 1. The molecular formula is C19H20N4O3. The third kappa shape index (κ3) is 2.93. The van der Waals surface area contributed by atoms with Crippen LogP contribution in [-0.4, -0.2) is 46.3 Å². The van der Waals surface area contributed by atoms with Crippen molar-refractivity contribution in [2.45, 2.75) is 38.6 Å². The topological polar surface area (TPSA) is 91.2 Å². The number of nitrogens with zero attached hydrogens (tertiary/aromatic N) is 3. The maximum atomic E-state index is 12.8. The van der Waals surface area contributed by atoms with Crippen LogP contribution >= 0.6 is 0 Å². The van der Waals surface area contributed by atoms with Crippen molar-refractivity contribution in [3.63, 3.8) is 0 Å². The third-order valence-electron chi connectivity index (χ3n) is 4.86. The first-order valence-electron chi connectivity index (χ1n) is 8.74. The van der Waals surface area contributed by atoms with Crippen LogP contribution in [0.1, 0.15) is 47.3 Å². The van der Waals surface area contributed by atoms with Crippen LogP contribution in [0.5, 0.6) is 5.75 Å². The van der Waals surface area contributed by atoms with Crippen LogP contribution in [0.4, 0.5) is 0 Å². The number of carbonyl (C=O) groups excluding carboxylic acids is 1. The monoisotopic (exact) mass is 352 g/mol. The molecule has 4 rings (SSSR count). The summed E-state index contributed by atoms with van der Waals surface area (Å²) in [4.78, 5) is 14.5. The number of likely N-dealkylation sites (tertiary alicyclic amines) is 1. The van der Waals surface area contributed by atoms with Crippen LogP contribution < -0.4 is 4.74 Å². The van der Waals surface area contributed by atoms with Crippen molar-refractivity contribution >= 4 is 5.91 Å². The van der Waals surface area contributed by atoms with Gasteiger partial charge in [-0.05, 0) is 38.1 Å². The Labute approximate surface area is 151 Å². The molecule has 0 radical (unpaired) electrons. The first-order valence-corrected chi connectivity index (χ1v) is 8.74. The van der Waals surface area contributed by atoms with Gasteiger partial charge in [0.1, 0.15) is 11.9 Å². The van der Waals surface area contributed by atoms with E-state index in [1.54, 1.807) is 29.2 Å². The van der Waals surface area contributed by atoms with Gasteiger partial charge in [0, 0.05) is 12.0 Å². The van der Waals surface area contributed by atoms with Gasteiger partial charge in [-0.2, -0.15) is 10.4 Å². The van der Waals surface area contributed by atoms with E-state index < -0.39 is 0 Å². The first-order chi connectivity index (χ1) is 12.5. The summed E-state index contributed by atoms with van der Waals surface area (Å²) in [6.07, 6.45) is 0.649. The fourth-order valence-corrected chi connectivity index (χ4v) is 3.48. The van der Waals surface area contributed by atoms with Crippen LogP contribution in [0.2, 0.25) is 0 Å². The molecule has 26 heavy (non-hydrogen) atoms. The minimum atomic E-state index is -0.0772. The summed E-state index contributed by atoms with van der Waals surface area (Å²) >= 11 is 0. The summed E-state index contributed by atoms with van der Waals surface area (Å²) in [6, 6.07) is 9.06. The Balaban J connectivity index is 1.39. The quantitative estimate of drug-likeness (QED) is 0.914. The van der Waals surface area contributed by atoms with Crippen LogP contribution in [0.15, 0.2) is 24.3 Å². The van der Waals surface area contributed by atoms with Crippen molar-refractivity contribution in [3.8, 4) is 11.8 Å². The molecule has 1 aromatic carbocycles. The number of nitriles is 1. The molecule has 2 aromatic rings. The van der Waals surface area contributed by atoms with Gasteiger partial charge >= 0.3 is 0 Å². The molecule has 7 nitrogen and oxygen atoms in total. The van der Waals surface area contributed by atoms with Crippen LogP contribution in [0, 0.1) is 11.3 Å². The van der Waals surface area contributed by atoms with Gasteiger partial charge in [-0.15, -0.1) is 0 Å². The number of benzene rings is 1. The lowest BCUT2D eigenvalue weighted by Gasteiger charge is -2.38. The fourth-order valence-electron chi connectivity index (χ4n) is 3.48. The molecule has 1 saturated heterocycles. The van der Waals surface area contributed by atoms with Crippen molar-refractivity contribution in [2.75, 3.05) is 13.1 Å². The van der Waals surface area contributed by atoms with Gasteiger partial charge in [0.2, 0.25) is 0 Å². The second-order valence-electron chi connectivity index (χ2n) is 6.84. The van der Waals surface area contributed by atoms with Gasteiger partial charge in [-0.1, -0.05) is 0 Å². The van der Waals surface area contributed by atoms with Crippen molar-refractivity contribution in [2.24, 2.45) is 0 Å². The summed E-state index contributed by atoms with van der Waals surface area (Å²) in [6.45, 7) is 5.03. The average Bonchev–Trinajstić information content (AvgIpc) is 3.02. The number of carbonyl (C=O) groups is 1. The van der Waals surface area contributed by atoms with E-state index in [0.717, 1.165) is 11.3 Å². The average molecular weight is 352 g/mol. The second-order valence-corrected chi connectivity index (χ2v) is 6.84. The Kier molecular flexibility index (Phi) is 4.13. The lowest BCUT2D eigenvalue weighted by molar-refractivity contribution is -0.00730. The van der Waals surface area contributed by atoms with E-state index in [1.165, 1.54) is 0 Å². The van der Waals surface area contributed by atoms with Crippen molar-refractivity contribution in [1.82, 2.24) is 15.1 Å². The maximum Gasteiger partial charge on any atom is 0.274 e. The van der Waals surface area contributed by atoms with Crippen LogP contribution in [0.25, 0.3) is 0 Å². The lowest BCUT2D eigenvalue weighted by atomic mass is 9.98. The van der Waals surface area contributed by atoms with E-state index in [9.17, 15) is 4.79 Å². The molecule has 0 unspecified atom stereocenters. The zero-order valence-corrected chi connectivity index (χ0v) is 14.7. The summed E-state index contributed by atoms with van der Waals surface area (Å²) < 4.78 is 11.6. The number of nitrogens with one attached hydrogen (secondary N) is 1. The highest BCUT2D eigenvalue weighted by Crippen LogP contribution is 2.31. The molecule has 134 valence electrons. The molecule has 1 N–H and O–H groups in total. The SMILES string of the molecule is C[C@@H]1Cc2c(C(=O)N3CC(Oc4ccc(C#N)cc4)C3)n[nH]c2[C@H](C)O1. The van der Waals surface area contributed by atoms with Crippen molar-refractivity contribution in [3.05, 3.63) is 46.8 Å². The van der Waals surface area contributed by atoms with E-state index in [1.807, 2.05) is 13.8 Å². The van der Waals surface area contributed by atoms with E-state index in [2.05, 4.69) is 16.3 Å². The number of fused-ring (bicyclic) bond motifs is 1. The summed E-state index contributed by atoms with van der Waals surface area (Å²) in [7, 11) is 0. The van der Waals surface area contributed by atoms with Gasteiger partial charge < -0.3 is 14.4 Å². The molecule has 2 aliphatic rings. The summed E-state index contributed by atoms with van der Waals surface area (Å²) in [5, 5.41) is 16.0. The molecule has 0 aliphatic carbocycles. The maximum absolute atomic E-state index is 12.8. The molecule has 0 bridgehead atoms. The van der Waals surface area contributed by atoms with E-state index in [0.29, 0.717) is 36.5 Å². The largest absolute Gasteiger partial charge is 0.487 e. The van der Waals surface area contributed by atoms with Gasteiger partial charge in [-0.3, -0.25) is 9.89 Å². The molecule has 3 heterocycles. The zero-order valence-electron chi connectivity index (χ0n) is 14.7. The lowest BCUT2D eigenvalue weighted by Crippen LogP contribution is -2.56. The predicted molar refractivity (Wildman–Crippen MR) is 92.7 cm³/mol. The number of amides is 1. The minimum Gasteiger partial charge on any atom is -0.487 e. The predicted octanol–water partition coefficient (Wildman–Crippen LogP) is 2.21. The van der Waals surface area contributed by atoms with E-state index in [4.69, 9.17) is 14.7 Å². The number of ether oxygens (including phenoxy) is 2. The third-order valence-corrected chi connectivity index (χ3v) is 4.86. The number of hydrogen-bond donors (Lipinski definition) is 1. The first kappa shape index (κ1) is 16.6. The Morgan fingerprint density at radius 1 is 1.35 bits per heavy atom. The molecule has 2 aliphatic heterocycles. The number of aromatic nitrogens is 2. The van der Waals surface area contributed by atoms with Crippen LogP contribution in [-0.2, 0) is 11.2 Å². The molecule has 0 spiro atoms. The highest BCUT2D eigenvalue weighted by atomic mass is 16.5. The van der Waals surface area contributed by atoms with Crippen LogP contribution in [0.3, 0.4) is 0 Å². The number of rotatable bonds is 3. The zero-order chi connectivity index (χ0) is 18.3. The summed E-state index contributed by atoms with van der Waals surface area (Å²) in [5.74, 6) is 0.640. The minimum absolute atomic E-state index is 0.0390. The Morgan fingerprint density at radius 3 is 2.77 bits per heavy atom. The van der Waals surface area contributed by atoms with Gasteiger partial charge in [0.05, 0.1) is 42.6 Å².